The first-order chi connectivity index (χ1) is 13.9. The second kappa shape index (κ2) is 9.43. The lowest BCUT2D eigenvalue weighted by molar-refractivity contribution is -0.118. The van der Waals surface area contributed by atoms with Gasteiger partial charge in [-0.05, 0) is 36.6 Å². The van der Waals surface area contributed by atoms with Gasteiger partial charge in [0.25, 0.3) is 0 Å². The number of hydrogen-bond acceptors (Lipinski definition) is 4. The molecule has 0 spiro atoms. The van der Waals surface area contributed by atoms with Gasteiger partial charge in [-0.3, -0.25) is 4.79 Å². The first-order valence-corrected chi connectivity index (χ1v) is 11.8. The van der Waals surface area contributed by atoms with Crippen molar-refractivity contribution in [3.63, 3.8) is 0 Å². The predicted octanol–water partition coefficient (Wildman–Crippen LogP) is 4.49. The molecule has 0 bridgehead atoms. The fourth-order valence-electron chi connectivity index (χ4n) is 3.68. The molecule has 5 nitrogen and oxygen atoms in total. The zero-order valence-corrected chi connectivity index (χ0v) is 17.6. The van der Waals surface area contributed by atoms with Gasteiger partial charge in [-0.2, -0.15) is 5.26 Å². The fraction of sp³-hybridized carbons (Fsp3) is 0.364. The number of hydrogen-bond donors (Lipinski definition) is 0. The second-order valence-corrected chi connectivity index (χ2v) is 10.1. The van der Waals surface area contributed by atoms with Gasteiger partial charge in [-0.1, -0.05) is 54.8 Å². The summed E-state index contributed by atoms with van der Waals surface area (Å²) in [4.78, 5) is 14.6. The van der Waals surface area contributed by atoms with Crippen LogP contribution < -0.4 is 4.90 Å². The molecule has 2 aromatic rings. The van der Waals surface area contributed by atoms with Crippen LogP contribution >= 0.6 is 11.6 Å². The Hall–Kier alpha value is -2.36. The molecule has 2 aromatic carbocycles. The van der Waals surface area contributed by atoms with Crippen LogP contribution in [0.3, 0.4) is 0 Å². The van der Waals surface area contributed by atoms with E-state index in [4.69, 9.17) is 11.6 Å². The molecule has 0 aromatic heterocycles. The molecule has 0 aliphatic heterocycles. The minimum atomic E-state index is -3.31. The molecule has 1 amide bonds. The Morgan fingerprint density at radius 2 is 1.83 bits per heavy atom. The summed E-state index contributed by atoms with van der Waals surface area (Å²) >= 11 is 6.12. The minimum absolute atomic E-state index is 0.122. The number of carbonyl (C=O) groups excluding carboxylic acids is 1. The molecule has 0 radical (unpaired) electrons. The van der Waals surface area contributed by atoms with Crippen LogP contribution in [0.5, 0.6) is 0 Å². The van der Waals surface area contributed by atoms with Crippen LogP contribution in [0.15, 0.2) is 48.5 Å². The summed E-state index contributed by atoms with van der Waals surface area (Å²) in [6, 6.07) is 16.2. The lowest BCUT2D eigenvalue weighted by atomic mass is 10.1. The van der Waals surface area contributed by atoms with Gasteiger partial charge in [0.15, 0.2) is 9.84 Å². The Morgan fingerprint density at radius 1 is 1.14 bits per heavy atom. The fourth-order valence-corrected chi connectivity index (χ4v) is 5.69. The van der Waals surface area contributed by atoms with E-state index in [1.807, 2.05) is 30.3 Å². The van der Waals surface area contributed by atoms with E-state index in [0.717, 1.165) is 18.4 Å². The minimum Gasteiger partial charge on any atom is -0.307 e. The van der Waals surface area contributed by atoms with E-state index in [1.165, 1.54) is 4.90 Å². The lowest BCUT2D eigenvalue weighted by Gasteiger charge is -2.24. The summed E-state index contributed by atoms with van der Waals surface area (Å²) in [5, 5.41) is 9.55. The monoisotopic (exact) mass is 430 g/mol. The summed E-state index contributed by atoms with van der Waals surface area (Å²) in [7, 11) is -3.31. The van der Waals surface area contributed by atoms with Crippen molar-refractivity contribution >= 4 is 33.0 Å². The molecule has 0 atom stereocenters. The molecule has 1 aliphatic rings. The standard InChI is InChI=1S/C22H23ClN2O3S/c23-19-11-10-18(15-24)21(14-19)25(16-17-6-2-1-3-7-17)22(26)12-13-29(27,28)20-8-4-5-9-20/h1-3,6-7,10-11,14,20H,4-5,8-9,12-13,16H2. The molecule has 29 heavy (non-hydrogen) atoms. The van der Waals surface area contributed by atoms with Crippen molar-refractivity contribution in [1.29, 1.82) is 5.26 Å². The molecule has 7 heteroatoms. The Bertz CT molecular complexity index is 1010. The summed E-state index contributed by atoms with van der Waals surface area (Å²) in [6.07, 6.45) is 3.08. The van der Waals surface area contributed by atoms with Gasteiger partial charge in [0.1, 0.15) is 6.07 Å². The summed E-state index contributed by atoms with van der Waals surface area (Å²) in [5.41, 5.74) is 1.59. The Balaban J connectivity index is 1.86. The smallest absolute Gasteiger partial charge is 0.228 e. The predicted molar refractivity (Wildman–Crippen MR) is 114 cm³/mol. The quantitative estimate of drug-likeness (QED) is 0.648. The SMILES string of the molecule is N#Cc1ccc(Cl)cc1N(Cc1ccccc1)C(=O)CCS(=O)(=O)C1CCCC1. The molecule has 1 fully saturated rings. The van der Waals surface area contributed by atoms with Crippen molar-refractivity contribution in [3.8, 4) is 6.07 Å². The van der Waals surface area contributed by atoms with E-state index in [9.17, 15) is 18.5 Å². The van der Waals surface area contributed by atoms with Crippen molar-refractivity contribution in [2.45, 2.75) is 43.9 Å². The third kappa shape index (κ3) is 5.37. The molecule has 1 aliphatic carbocycles. The third-order valence-electron chi connectivity index (χ3n) is 5.27. The van der Waals surface area contributed by atoms with Crippen molar-refractivity contribution < 1.29 is 13.2 Å². The van der Waals surface area contributed by atoms with E-state index in [-0.39, 0.29) is 29.9 Å². The van der Waals surface area contributed by atoms with Crippen LogP contribution in [-0.2, 0) is 21.2 Å². The van der Waals surface area contributed by atoms with Crippen molar-refractivity contribution in [1.82, 2.24) is 0 Å². The van der Waals surface area contributed by atoms with E-state index < -0.39 is 9.84 Å². The van der Waals surface area contributed by atoms with Crippen LogP contribution in [0, 0.1) is 11.3 Å². The largest absolute Gasteiger partial charge is 0.307 e. The maximum absolute atomic E-state index is 13.1. The topological polar surface area (TPSA) is 78.2 Å². The highest BCUT2D eigenvalue weighted by atomic mass is 35.5. The average Bonchev–Trinajstić information content (AvgIpc) is 3.27. The van der Waals surface area contributed by atoms with Crippen LogP contribution in [-0.4, -0.2) is 25.3 Å². The zero-order chi connectivity index (χ0) is 20.9. The highest BCUT2D eigenvalue weighted by molar-refractivity contribution is 7.92. The molecule has 0 heterocycles. The number of nitrogens with zero attached hydrogens (tertiary/aromatic N) is 2. The molecule has 3 rings (SSSR count). The van der Waals surface area contributed by atoms with Gasteiger partial charge in [0.2, 0.25) is 5.91 Å². The number of rotatable bonds is 7. The van der Waals surface area contributed by atoms with Gasteiger partial charge >= 0.3 is 0 Å². The maximum atomic E-state index is 13.1. The number of carbonyl (C=O) groups is 1. The first-order valence-electron chi connectivity index (χ1n) is 9.66. The highest BCUT2D eigenvalue weighted by Crippen LogP contribution is 2.28. The van der Waals surface area contributed by atoms with Crippen LogP contribution in [0.25, 0.3) is 0 Å². The maximum Gasteiger partial charge on any atom is 0.228 e. The number of anilines is 1. The zero-order valence-electron chi connectivity index (χ0n) is 16.1. The number of amides is 1. The van der Waals surface area contributed by atoms with E-state index in [2.05, 4.69) is 6.07 Å². The number of halogens is 1. The normalized spacial score (nSPS) is 14.5. The van der Waals surface area contributed by atoms with Crippen LogP contribution in [0.1, 0.15) is 43.2 Å². The van der Waals surface area contributed by atoms with Crippen molar-refractivity contribution in [3.05, 3.63) is 64.7 Å². The molecule has 0 N–H and O–H groups in total. The van der Waals surface area contributed by atoms with Gasteiger partial charge in [-0.25, -0.2) is 8.42 Å². The number of nitriles is 1. The van der Waals surface area contributed by atoms with Gasteiger partial charge in [0, 0.05) is 11.4 Å². The second-order valence-electron chi connectivity index (χ2n) is 7.26. The van der Waals surface area contributed by atoms with E-state index in [0.29, 0.717) is 29.1 Å². The van der Waals surface area contributed by atoms with Crippen LogP contribution in [0.2, 0.25) is 5.02 Å². The molecule has 0 unspecified atom stereocenters. The third-order valence-corrected chi connectivity index (χ3v) is 7.76. The summed E-state index contributed by atoms with van der Waals surface area (Å²) < 4.78 is 25.2. The summed E-state index contributed by atoms with van der Waals surface area (Å²) in [6.45, 7) is 0.234. The molecular formula is C22H23ClN2O3S. The molecular weight excluding hydrogens is 408 g/mol. The van der Waals surface area contributed by atoms with Gasteiger partial charge in [-0.15, -0.1) is 0 Å². The lowest BCUT2D eigenvalue weighted by Crippen LogP contribution is -2.33. The van der Waals surface area contributed by atoms with Gasteiger partial charge < -0.3 is 4.90 Å². The van der Waals surface area contributed by atoms with Crippen molar-refractivity contribution in [2.24, 2.45) is 0 Å². The van der Waals surface area contributed by atoms with E-state index >= 15 is 0 Å². The average molecular weight is 431 g/mol. The van der Waals surface area contributed by atoms with Gasteiger partial charge in [0.05, 0.1) is 28.8 Å². The molecule has 1 saturated carbocycles. The molecule has 152 valence electrons. The highest BCUT2D eigenvalue weighted by Gasteiger charge is 2.30. The van der Waals surface area contributed by atoms with Crippen LogP contribution in [0.4, 0.5) is 5.69 Å². The Morgan fingerprint density at radius 3 is 2.48 bits per heavy atom. The number of benzene rings is 2. The van der Waals surface area contributed by atoms with Crippen molar-refractivity contribution in [2.75, 3.05) is 10.7 Å². The Labute approximate surface area is 176 Å². The van der Waals surface area contributed by atoms with E-state index in [1.54, 1.807) is 18.2 Å². The Kier molecular flexibility index (Phi) is 6.94. The number of sulfone groups is 1. The first kappa shape index (κ1) is 21.4. The molecule has 0 saturated heterocycles. The summed E-state index contributed by atoms with van der Waals surface area (Å²) in [5.74, 6) is -0.515.